The van der Waals surface area contributed by atoms with E-state index in [2.05, 4.69) is 10.3 Å². The van der Waals surface area contributed by atoms with Gasteiger partial charge in [0, 0.05) is 12.7 Å². The number of rotatable bonds is 6. The molecular weight excluding hydrogens is 266 g/mol. The molecule has 0 unspecified atom stereocenters. The number of hydrogen-bond donors (Lipinski definition) is 0. The summed E-state index contributed by atoms with van der Waals surface area (Å²) in [6.07, 6.45) is 3.84. The second-order valence-electron chi connectivity index (χ2n) is 4.11. The first-order valence-electron chi connectivity index (χ1n) is 5.88. The van der Waals surface area contributed by atoms with Gasteiger partial charge < -0.3 is 0 Å². The Hall–Kier alpha value is -1.73. The summed E-state index contributed by atoms with van der Waals surface area (Å²) in [7, 11) is -3.66. The van der Waals surface area contributed by atoms with Gasteiger partial charge in [-0.1, -0.05) is 22.9 Å². The molecule has 0 atom stereocenters. The molecule has 0 aliphatic heterocycles. The van der Waals surface area contributed by atoms with Gasteiger partial charge in [-0.3, -0.25) is 8.86 Å². The van der Waals surface area contributed by atoms with E-state index >= 15 is 0 Å². The van der Waals surface area contributed by atoms with E-state index in [0.29, 0.717) is 13.0 Å². The van der Waals surface area contributed by atoms with Crippen molar-refractivity contribution in [1.82, 2.24) is 15.0 Å². The van der Waals surface area contributed by atoms with E-state index in [-0.39, 0.29) is 11.5 Å². The highest BCUT2D eigenvalue weighted by molar-refractivity contribution is 7.86. The lowest BCUT2D eigenvalue weighted by atomic mass is 10.2. The van der Waals surface area contributed by atoms with Gasteiger partial charge in [0.2, 0.25) is 0 Å². The summed E-state index contributed by atoms with van der Waals surface area (Å²) >= 11 is 0. The molecule has 0 spiro atoms. The summed E-state index contributed by atoms with van der Waals surface area (Å²) in [6, 6.07) is 6.57. The molecule has 0 radical (unpaired) electrons. The molecule has 1 heterocycles. The van der Waals surface area contributed by atoms with Gasteiger partial charge in [-0.15, -0.1) is 5.10 Å². The fourth-order valence-electron chi connectivity index (χ4n) is 1.52. The molecule has 7 heteroatoms. The van der Waals surface area contributed by atoms with Crippen LogP contribution in [0.15, 0.2) is 41.6 Å². The zero-order valence-corrected chi connectivity index (χ0v) is 11.4. The quantitative estimate of drug-likeness (QED) is 0.591. The highest BCUT2D eigenvalue weighted by Gasteiger charge is 2.14. The second kappa shape index (κ2) is 5.94. The zero-order valence-electron chi connectivity index (χ0n) is 10.6. The highest BCUT2D eigenvalue weighted by Crippen LogP contribution is 2.13. The summed E-state index contributed by atoms with van der Waals surface area (Å²) in [5.41, 5.74) is 1.00. The van der Waals surface area contributed by atoms with Crippen molar-refractivity contribution in [2.75, 3.05) is 6.61 Å². The van der Waals surface area contributed by atoms with E-state index in [9.17, 15) is 8.42 Å². The van der Waals surface area contributed by atoms with Crippen LogP contribution in [0.1, 0.15) is 12.0 Å². The molecule has 0 bridgehead atoms. The van der Waals surface area contributed by atoms with Gasteiger partial charge in [-0.05, 0) is 25.5 Å². The van der Waals surface area contributed by atoms with Gasteiger partial charge in [0.1, 0.15) is 0 Å². The molecule has 0 aliphatic rings. The number of aryl methyl sites for hydroxylation is 2. The van der Waals surface area contributed by atoms with E-state index in [1.807, 2.05) is 6.92 Å². The number of hydrogen-bond acceptors (Lipinski definition) is 5. The smallest absolute Gasteiger partial charge is 0.266 e. The normalized spacial score (nSPS) is 11.6. The Bertz CT molecular complexity index is 606. The predicted molar refractivity (Wildman–Crippen MR) is 69.0 cm³/mol. The Kier molecular flexibility index (Phi) is 4.28. The van der Waals surface area contributed by atoms with Gasteiger partial charge in [-0.2, -0.15) is 8.42 Å². The standard InChI is InChI=1S/C12H15N3O3S/c1-11-3-5-12(6-4-11)19(16,17)18-10-2-8-15-9-7-13-14-15/h3-7,9H,2,8,10H2,1H3. The maximum atomic E-state index is 11.8. The molecule has 0 saturated carbocycles. The monoisotopic (exact) mass is 281 g/mol. The summed E-state index contributed by atoms with van der Waals surface area (Å²) in [5.74, 6) is 0. The van der Waals surface area contributed by atoms with Crippen molar-refractivity contribution in [3.05, 3.63) is 42.2 Å². The maximum Gasteiger partial charge on any atom is 0.296 e. The van der Waals surface area contributed by atoms with E-state index < -0.39 is 10.1 Å². The molecule has 2 aromatic rings. The van der Waals surface area contributed by atoms with Gasteiger partial charge in [-0.25, -0.2) is 0 Å². The van der Waals surface area contributed by atoms with E-state index in [1.54, 1.807) is 41.3 Å². The third-order valence-electron chi connectivity index (χ3n) is 2.55. The SMILES string of the molecule is Cc1ccc(S(=O)(=O)OCCCn2ccnn2)cc1. The predicted octanol–water partition coefficient (Wildman–Crippen LogP) is 1.38. The van der Waals surface area contributed by atoms with Gasteiger partial charge >= 0.3 is 0 Å². The van der Waals surface area contributed by atoms with Crippen LogP contribution in [0.25, 0.3) is 0 Å². The van der Waals surface area contributed by atoms with Crippen molar-refractivity contribution in [2.45, 2.75) is 24.8 Å². The minimum Gasteiger partial charge on any atom is -0.266 e. The molecule has 0 N–H and O–H groups in total. The van der Waals surface area contributed by atoms with E-state index in [0.717, 1.165) is 5.56 Å². The fourth-order valence-corrected chi connectivity index (χ4v) is 2.46. The van der Waals surface area contributed by atoms with Crippen molar-refractivity contribution in [3.63, 3.8) is 0 Å². The topological polar surface area (TPSA) is 74.1 Å². The third kappa shape index (κ3) is 3.87. The lowest BCUT2D eigenvalue weighted by Gasteiger charge is -2.06. The molecule has 102 valence electrons. The van der Waals surface area contributed by atoms with Crippen LogP contribution < -0.4 is 0 Å². The van der Waals surface area contributed by atoms with Gasteiger partial charge in [0.25, 0.3) is 10.1 Å². The second-order valence-corrected chi connectivity index (χ2v) is 5.72. The fraction of sp³-hybridized carbons (Fsp3) is 0.333. The molecule has 6 nitrogen and oxygen atoms in total. The van der Waals surface area contributed by atoms with Crippen molar-refractivity contribution in [1.29, 1.82) is 0 Å². The summed E-state index contributed by atoms with van der Waals surface area (Å²) in [5, 5.41) is 7.44. The number of aromatic nitrogens is 3. The minimum atomic E-state index is -3.66. The molecular formula is C12H15N3O3S. The molecule has 1 aromatic carbocycles. The summed E-state index contributed by atoms with van der Waals surface area (Å²) in [4.78, 5) is 0.179. The Labute approximate surface area is 112 Å². The molecule has 1 aromatic heterocycles. The van der Waals surface area contributed by atoms with Crippen molar-refractivity contribution in [3.8, 4) is 0 Å². The molecule has 2 rings (SSSR count). The molecule has 0 fully saturated rings. The molecule has 0 saturated heterocycles. The van der Waals surface area contributed by atoms with Crippen LogP contribution in [0.5, 0.6) is 0 Å². The maximum absolute atomic E-state index is 11.8. The van der Waals surface area contributed by atoms with Crippen LogP contribution in [-0.4, -0.2) is 30.0 Å². The lowest BCUT2D eigenvalue weighted by molar-refractivity contribution is 0.300. The first kappa shape index (κ1) is 13.7. The Balaban J connectivity index is 1.86. The summed E-state index contributed by atoms with van der Waals surface area (Å²) in [6.45, 7) is 2.59. The zero-order chi connectivity index (χ0) is 13.7. The summed E-state index contributed by atoms with van der Waals surface area (Å²) < 4.78 is 30.3. The number of benzene rings is 1. The van der Waals surface area contributed by atoms with Crippen LogP contribution in [-0.2, 0) is 20.8 Å². The average molecular weight is 281 g/mol. The first-order chi connectivity index (χ1) is 9.08. The molecule has 19 heavy (non-hydrogen) atoms. The van der Waals surface area contributed by atoms with Crippen LogP contribution >= 0.6 is 0 Å². The van der Waals surface area contributed by atoms with Gasteiger partial charge in [0.15, 0.2) is 0 Å². The van der Waals surface area contributed by atoms with Gasteiger partial charge in [0.05, 0.1) is 17.7 Å². The van der Waals surface area contributed by atoms with E-state index in [1.165, 1.54) is 0 Å². The number of nitrogens with zero attached hydrogens (tertiary/aromatic N) is 3. The van der Waals surface area contributed by atoms with E-state index in [4.69, 9.17) is 4.18 Å². The van der Waals surface area contributed by atoms with Crippen LogP contribution in [0.2, 0.25) is 0 Å². The lowest BCUT2D eigenvalue weighted by Crippen LogP contribution is -2.10. The largest absolute Gasteiger partial charge is 0.296 e. The Morgan fingerprint density at radius 2 is 2.00 bits per heavy atom. The van der Waals surface area contributed by atoms with Crippen LogP contribution in [0, 0.1) is 6.92 Å². The van der Waals surface area contributed by atoms with Crippen LogP contribution in [0.3, 0.4) is 0 Å². The first-order valence-corrected chi connectivity index (χ1v) is 7.29. The Morgan fingerprint density at radius 1 is 1.26 bits per heavy atom. The van der Waals surface area contributed by atoms with Crippen molar-refractivity contribution >= 4 is 10.1 Å². The van der Waals surface area contributed by atoms with Crippen molar-refractivity contribution < 1.29 is 12.6 Å². The third-order valence-corrected chi connectivity index (χ3v) is 3.88. The molecule has 0 aliphatic carbocycles. The molecule has 0 amide bonds. The minimum absolute atomic E-state index is 0.121. The highest BCUT2D eigenvalue weighted by atomic mass is 32.2. The van der Waals surface area contributed by atoms with Crippen LogP contribution in [0.4, 0.5) is 0 Å². The Morgan fingerprint density at radius 3 is 2.63 bits per heavy atom. The van der Waals surface area contributed by atoms with Crippen molar-refractivity contribution in [2.24, 2.45) is 0 Å². The average Bonchev–Trinajstić information content (AvgIpc) is 2.88.